The lowest BCUT2D eigenvalue weighted by atomic mass is 9.99. The summed E-state index contributed by atoms with van der Waals surface area (Å²) >= 11 is 0. The van der Waals surface area contributed by atoms with Crippen molar-refractivity contribution in [3.8, 4) is 0 Å². The van der Waals surface area contributed by atoms with Gasteiger partial charge in [-0.1, -0.05) is 18.2 Å². The quantitative estimate of drug-likeness (QED) is 0.480. The molecule has 0 aromatic heterocycles. The van der Waals surface area contributed by atoms with Gasteiger partial charge in [0.15, 0.2) is 12.4 Å². The van der Waals surface area contributed by atoms with Crippen LogP contribution in [-0.2, 0) is 26.0 Å². The fourth-order valence-corrected chi connectivity index (χ4v) is 4.58. The van der Waals surface area contributed by atoms with Crippen molar-refractivity contribution in [3.05, 3.63) is 64.7 Å². The lowest BCUT2D eigenvalue weighted by molar-refractivity contribution is -0.142. The van der Waals surface area contributed by atoms with E-state index in [2.05, 4.69) is 5.32 Å². The third kappa shape index (κ3) is 5.73. The van der Waals surface area contributed by atoms with Crippen LogP contribution in [-0.4, -0.2) is 52.0 Å². The molecule has 0 fully saturated rings. The minimum absolute atomic E-state index is 0.0571. The topological polar surface area (TPSA) is 110 Å². The van der Waals surface area contributed by atoms with Gasteiger partial charge in [0.25, 0.3) is 5.91 Å². The first-order valence-electron chi connectivity index (χ1n) is 10.3. The number of benzene rings is 2. The molecular formula is C23H26N2O6S. The van der Waals surface area contributed by atoms with Crippen molar-refractivity contribution in [2.24, 2.45) is 0 Å². The van der Waals surface area contributed by atoms with Crippen molar-refractivity contribution < 1.29 is 27.5 Å². The zero-order valence-electron chi connectivity index (χ0n) is 18.1. The predicted octanol–water partition coefficient (Wildman–Crippen LogP) is 2.25. The first-order valence-corrected chi connectivity index (χ1v) is 12.1. The second-order valence-electron chi connectivity index (χ2n) is 7.69. The lowest BCUT2D eigenvalue weighted by Crippen LogP contribution is -2.34. The lowest BCUT2D eigenvalue weighted by Gasteiger charge is -2.29. The maximum absolute atomic E-state index is 12.4. The Labute approximate surface area is 187 Å². The highest BCUT2D eigenvalue weighted by atomic mass is 32.2. The van der Waals surface area contributed by atoms with Gasteiger partial charge in [-0.3, -0.25) is 18.7 Å². The van der Waals surface area contributed by atoms with Gasteiger partial charge in [0.05, 0.1) is 18.4 Å². The molecule has 32 heavy (non-hydrogen) atoms. The Morgan fingerprint density at radius 3 is 2.59 bits per heavy atom. The average molecular weight is 459 g/mol. The minimum Gasteiger partial charge on any atom is -0.457 e. The number of aryl methyl sites for hydroxylation is 2. The molecule has 0 radical (unpaired) electrons. The van der Waals surface area contributed by atoms with Gasteiger partial charge in [0, 0.05) is 24.2 Å². The van der Waals surface area contributed by atoms with Gasteiger partial charge >= 0.3 is 5.97 Å². The molecule has 2 aromatic carbocycles. The smallest absolute Gasteiger partial charge is 0.308 e. The third-order valence-corrected chi connectivity index (χ3v) is 6.43. The van der Waals surface area contributed by atoms with Crippen molar-refractivity contribution in [1.82, 2.24) is 5.32 Å². The Hall–Kier alpha value is -3.20. The van der Waals surface area contributed by atoms with E-state index in [1.807, 2.05) is 19.1 Å². The first kappa shape index (κ1) is 23.5. The number of rotatable bonds is 8. The normalized spacial score (nSPS) is 13.2. The molecule has 1 heterocycles. The number of nitrogens with one attached hydrogen (secondary N) is 1. The highest BCUT2D eigenvalue weighted by Crippen LogP contribution is 2.30. The summed E-state index contributed by atoms with van der Waals surface area (Å²) in [5.74, 6) is -1.24. The summed E-state index contributed by atoms with van der Waals surface area (Å²) in [6, 6.07) is 12.0. The molecule has 0 saturated carbocycles. The van der Waals surface area contributed by atoms with Crippen LogP contribution in [0.3, 0.4) is 0 Å². The van der Waals surface area contributed by atoms with Crippen LogP contribution in [0.4, 0.5) is 5.69 Å². The average Bonchev–Trinajstić information content (AvgIpc) is 2.76. The van der Waals surface area contributed by atoms with E-state index in [9.17, 15) is 22.8 Å². The van der Waals surface area contributed by atoms with E-state index < -0.39 is 22.6 Å². The number of carbonyl (C=O) groups is 3. The molecule has 8 nitrogen and oxygen atoms in total. The van der Waals surface area contributed by atoms with Crippen LogP contribution in [0.2, 0.25) is 0 Å². The number of hydrogen-bond donors (Lipinski definition) is 1. The summed E-state index contributed by atoms with van der Waals surface area (Å²) in [6.07, 6.45) is 2.44. The van der Waals surface area contributed by atoms with E-state index in [0.29, 0.717) is 36.2 Å². The largest absolute Gasteiger partial charge is 0.457 e. The molecule has 0 aliphatic carbocycles. The monoisotopic (exact) mass is 458 g/mol. The Balaban J connectivity index is 1.50. The zero-order valence-corrected chi connectivity index (χ0v) is 18.9. The maximum Gasteiger partial charge on any atom is 0.308 e. The van der Waals surface area contributed by atoms with E-state index in [1.165, 1.54) is 4.31 Å². The number of anilines is 1. The summed E-state index contributed by atoms with van der Waals surface area (Å²) in [7, 11) is -3.38. The van der Waals surface area contributed by atoms with Crippen molar-refractivity contribution in [2.45, 2.75) is 26.2 Å². The zero-order chi connectivity index (χ0) is 23.3. The molecular weight excluding hydrogens is 432 g/mol. The first-order chi connectivity index (χ1) is 15.2. The van der Waals surface area contributed by atoms with Gasteiger partial charge < -0.3 is 10.1 Å². The molecule has 0 unspecified atom stereocenters. The molecule has 2 aromatic rings. The number of carbonyl (C=O) groups excluding carboxylic acids is 3. The molecule has 3 rings (SSSR count). The van der Waals surface area contributed by atoms with Crippen LogP contribution < -0.4 is 9.62 Å². The number of esters is 1. The van der Waals surface area contributed by atoms with Crippen LogP contribution in [0.15, 0.2) is 42.5 Å². The summed E-state index contributed by atoms with van der Waals surface area (Å²) in [5, 5.41) is 2.66. The third-order valence-electron chi connectivity index (χ3n) is 5.25. The number of ether oxygens (including phenoxy) is 1. The molecule has 1 aliphatic rings. The van der Waals surface area contributed by atoms with E-state index in [1.54, 1.807) is 30.3 Å². The Morgan fingerprint density at radius 1 is 1.12 bits per heavy atom. The molecule has 0 saturated heterocycles. The molecule has 1 aliphatic heterocycles. The molecule has 0 atom stereocenters. The van der Waals surface area contributed by atoms with Gasteiger partial charge in [0.2, 0.25) is 10.0 Å². The number of sulfonamides is 1. The number of fused-ring (bicyclic) bond motifs is 1. The Bertz CT molecular complexity index is 1140. The molecule has 9 heteroatoms. The number of ketones is 1. The summed E-state index contributed by atoms with van der Waals surface area (Å²) < 4.78 is 30.3. The Kier molecular flexibility index (Phi) is 7.29. The number of Topliss-reactive ketones (excluding diaryl/α,β-unsaturated/α-hetero) is 1. The van der Waals surface area contributed by atoms with Crippen LogP contribution in [0.25, 0.3) is 0 Å². The second-order valence-corrected chi connectivity index (χ2v) is 9.59. The molecule has 170 valence electrons. The summed E-state index contributed by atoms with van der Waals surface area (Å²) in [6.45, 7) is 1.92. The summed E-state index contributed by atoms with van der Waals surface area (Å²) in [4.78, 5) is 36.5. The predicted molar refractivity (Wildman–Crippen MR) is 120 cm³/mol. The molecule has 1 amide bonds. The SMILES string of the molecule is Cc1ccccc1C(=O)NCCC(=O)OCC(=O)c1ccc2c(c1)CCCN2S(C)(=O)=O. The number of nitrogens with zero attached hydrogens (tertiary/aromatic N) is 1. The van der Waals surface area contributed by atoms with Crippen molar-refractivity contribution >= 4 is 33.4 Å². The Morgan fingerprint density at radius 2 is 1.88 bits per heavy atom. The fraction of sp³-hybridized carbons (Fsp3) is 0.348. The van der Waals surface area contributed by atoms with E-state index in [4.69, 9.17) is 4.74 Å². The van der Waals surface area contributed by atoms with Crippen molar-refractivity contribution in [3.63, 3.8) is 0 Å². The highest BCUT2D eigenvalue weighted by Gasteiger charge is 2.24. The molecule has 0 bridgehead atoms. The van der Waals surface area contributed by atoms with E-state index >= 15 is 0 Å². The number of amides is 1. The van der Waals surface area contributed by atoms with Gasteiger partial charge in [-0.25, -0.2) is 8.42 Å². The van der Waals surface area contributed by atoms with E-state index in [0.717, 1.165) is 17.4 Å². The van der Waals surface area contributed by atoms with Crippen LogP contribution in [0, 0.1) is 6.92 Å². The van der Waals surface area contributed by atoms with Crippen LogP contribution >= 0.6 is 0 Å². The van der Waals surface area contributed by atoms with Crippen LogP contribution in [0.5, 0.6) is 0 Å². The second kappa shape index (κ2) is 9.95. The molecule has 0 spiro atoms. The number of hydrogen-bond acceptors (Lipinski definition) is 6. The fourth-order valence-electron chi connectivity index (χ4n) is 3.58. The molecule has 1 N–H and O–H groups in total. The van der Waals surface area contributed by atoms with Gasteiger partial charge in [-0.2, -0.15) is 0 Å². The van der Waals surface area contributed by atoms with E-state index in [-0.39, 0.29) is 24.7 Å². The van der Waals surface area contributed by atoms with Gasteiger partial charge in [-0.15, -0.1) is 0 Å². The minimum atomic E-state index is -3.38. The van der Waals surface area contributed by atoms with Crippen LogP contribution in [0.1, 0.15) is 44.7 Å². The highest BCUT2D eigenvalue weighted by molar-refractivity contribution is 7.92. The maximum atomic E-state index is 12.4. The standard InChI is InChI=1S/C23H26N2O6S/c1-16-6-3-4-8-19(16)23(28)24-12-11-22(27)31-15-21(26)18-9-10-20-17(14-18)7-5-13-25(20)32(2,29)30/h3-4,6,8-10,14H,5,7,11-13,15H2,1-2H3,(H,24,28). The summed E-state index contributed by atoms with van der Waals surface area (Å²) in [5.41, 5.74) is 3.09. The van der Waals surface area contributed by atoms with Crippen molar-refractivity contribution in [1.29, 1.82) is 0 Å². The van der Waals surface area contributed by atoms with Gasteiger partial charge in [0.1, 0.15) is 0 Å². The van der Waals surface area contributed by atoms with Gasteiger partial charge in [-0.05, 0) is 55.2 Å². The van der Waals surface area contributed by atoms with Crippen molar-refractivity contribution in [2.75, 3.05) is 30.3 Å².